The molecule has 0 aliphatic heterocycles. The summed E-state index contributed by atoms with van der Waals surface area (Å²) in [6, 6.07) is 1.16. The van der Waals surface area contributed by atoms with Gasteiger partial charge < -0.3 is 4.43 Å². The Hall–Kier alpha value is 0.757. The first-order chi connectivity index (χ1) is 3.77. The summed E-state index contributed by atoms with van der Waals surface area (Å²) in [7, 11) is -0.400. The normalized spacial score (nSPS) is 12.0. The molecule has 0 aromatic heterocycles. The molecule has 50 valence electrons. The molecule has 0 spiro atoms. The van der Waals surface area contributed by atoms with Gasteiger partial charge >= 0.3 is 0 Å². The summed E-state index contributed by atoms with van der Waals surface area (Å²) < 4.78 is 4.95. The van der Waals surface area contributed by atoms with E-state index in [1.807, 2.05) is 0 Å². The molecule has 1 nitrogen and oxygen atoms in total. The molecule has 0 aromatic rings. The summed E-state index contributed by atoms with van der Waals surface area (Å²) >= 11 is 10.6. The first-order valence-electron chi connectivity index (χ1n) is 2.67. The predicted octanol–water partition coefficient (Wildman–Crippen LogP) is 1.68. The molecule has 0 aliphatic carbocycles. The third-order valence-electron chi connectivity index (χ3n) is 0.742. The second-order valence-corrected chi connectivity index (χ2v) is 3.95. The topological polar surface area (TPSA) is 9.23 Å². The second kappa shape index (κ2) is 5.89. The summed E-state index contributed by atoms with van der Waals surface area (Å²) in [5.74, 6) is 0. The van der Waals surface area contributed by atoms with Crippen molar-refractivity contribution in [1.29, 1.82) is 0 Å². The molecule has 4 heteroatoms. The van der Waals surface area contributed by atoms with Crippen LogP contribution in [0.5, 0.6) is 0 Å². The monoisotopic (exact) mass is 172 g/mol. The summed E-state index contributed by atoms with van der Waals surface area (Å²) in [6.45, 7) is 2.12. The maximum Gasteiger partial charge on any atom is 0.197 e. The molecule has 0 unspecified atom stereocenters. The van der Waals surface area contributed by atoms with Crippen LogP contribution < -0.4 is 0 Å². The van der Waals surface area contributed by atoms with Gasteiger partial charge in [-0.3, -0.25) is 0 Å². The van der Waals surface area contributed by atoms with E-state index in [-0.39, 0.29) is 0 Å². The van der Waals surface area contributed by atoms with Crippen LogP contribution >= 0.6 is 23.2 Å². The highest BCUT2D eigenvalue weighted by Gasteiger charge is 1.94. The van der Waals surface area contributed by atoms with Crippen molar-refractivity contribution in [1.82, 2.24) is 0 Å². The summed E-state index contributed by atoms with van der Waals surface area (Å²) in [6.07, 6.45) is 1.17. The van der Waals surface area contributed by atoms with Crippen LogP contribution in [0.25, 0.3) is 0 Å². The first kappa shape index (κ1) is 8.76. The molecule has 0 fully saturated rings. The predicted molar refractivity (Wildman–Crippen MR) is 40.2 cm³/mol. The Morgan fingerprint density at radius 3 is 2.62 bits per heavy atom. The molecule has 0 saturated heterocycles. The van der Waals surface area contributed by atoms with Crippen LogP contribution in [0.2, 0.25) is 6.04 Å². The number of hydrogen-bond donors (Lipinski definition) is 0. The summed E-state index contributed by atoms with van der Waals surface area (Å²) in [5, 5.41) is -0.590. The Morgan fingerprint density at radius 2 is 2.25 bits per heavy atom. The van der Waals surface area contributed by atoms with Gasteiger partial charge in [-0.2, -0.15) is 0 Å². The third-order valence-corrected chi connectivity index (χ3v) is 2.98. The molecule has 0 aromatic carbocycles. The van der Waals surface area contributed by atoms with Crippen molar-refractivity contribution in [2.45, 2.75) is 24.4 Å². The Balaban J connectivity index is 2.72. The Morgan fingerprint density at radius 1 is 1.62 bits per heavy atom. The van der Waals surface area contributed by atoms with Gasteiger partial charge in [-0.15, -0.1) is 0 Å². The molecule has 0 radical (unpaired) electrons. The third kappa shape index (κ3) is 6.76. The van der Waals surface area contributed by atoms with Gasteiger partial charge in [0.25, 0.3) is 0 Å². The van der Waals surface area contributed by atoms with E-state index in [0.29, 0.717) is 0 Å². The molecule has 0 atom stereocenters. The van der Waals surface area contributed by atoms with Crippen LogP contribution in [-0.4, -0.2) is 14.8 Å². The van der Waals surface area contributed by atoms with Crippen LogP contribution in [0.15, 0.2) is 0 Å². The van der Waals surface area contributed by atoms with Gasteiger partial charge in [0, 0.05) is 0 Å². The van der Waals surface area contributed by atoms with Gasteiger partial charge in [0.2, 0.25) is 0 Å². The van der Waals surface area contributed by atoms with Crippen LogP contribution in [0.4, 0.5) is 0 Å². The van der Waals surface area contributed by atoms with E-state index >= 15 is 0 Å². The Kier molecular flexibility index (Phi) is 6.44. The lowest BCUT2D eigenvalue weighted by atomic mass is 10.6. The number of halogens is 2. The number of alkyl halides is 2. The van der Waals surface area contributed by atoms with Crippen LogP contribution in [0.3, 0.4) is 0 Å². The fourth-order valence-electron chi connectivity index (χ4n) is 0.317. The van der Waals surface area contributed by atoms with E-state index in [4.69, 9.17) is 27.6 Å². The lowest BCUT2D eigenvalue weighted by Gasteiger charge is -2.00. The zero-order valence-corrected chi connectivity index (χ0v) is 7.79. The molecule has 0 amide bonds. The summed E-state index contributed by atoms with van der Waals surface area (Å²) in [4.78, 5) is 0. The maximum absolute atomic E-state index is 5.29. The molecular weight excluding hydrogens is 163 g/mol. The fraction of sp³-hybridized carbons (Fsp3) is 1.00. The number of rotatable bonds is 4. The molecule has 0 N–H and O–H groups in total. The van der Waals surface area contributed by atoms with Gasteiger partial charge in [0.05, 0.1) is 0 Å². The van der Waals surface area contributed by atoms with Gasteiger partial charge in [0.15, 0.2) is 14.8 Å². The highest BCUT2D eigenvalue weighted by molar-refractivity contribution is 6.45. The van der Waals surface area contributed by atoms with Gasteiger partial charge in [-0.05, 0) is 6.04 Å². The van der Waals surface area contributed by atoms with E-state index in [1.54, 1.807) is 0 Å². The van der Waals surface area contributed by atoms with Gasteiger partial charge in [-0.25, -0.2) is 0 Å². The maximum atomic E-state index is 5.29. The van der Waals surface area contributed by atoms with Crippen LogP contribution in [0.1, 0.15) is 13.3 Å². The van der Waals surface area contributed by atoms with E-state index in [9.17, 15) is 0 Å². The van der Waals surface area contributed by atoms with Crippen LogP contribution in [-0.2, 0) is 4.43 Å². The average Bonchev–Trinajstić information content (AvgIpc) is 1.66. The number of hydrogen-bond acceptors (Lipinski definition) is 1. The Bertz CT molecular complexity index is 51.3. The van der Waals surface area contributed by atoms with Crippen molar-refractivity contribution in [3.05, 3.63) is 0 Å². The highest BCUT2D eigenvalue weighted by Crippen LogP contribution is 2.02. The smallest absolute Gasteiger partial charge is 0.197 e. The van der Waals surface area contributed by atoms with Crippen molar-refractivity contribution in [3.63, 3.8) is 0 Å². The van der Waals surface area contributed by atoms with E-state index in [1.165, 1.54) is 6.42 Å². The van der Waals surface area contributed by atoms with Crippen LogP contribution in [0, 0.1) is 0 Å². The molecule has 0 rings (SSSR count). The molecule has 8 heavy (non-hydrogen) atoms. The Labute approximate surface area is 62.3 Å². The van der Waals surface area contributed by atoms with E-state index in [2.05, 4.69) is 6.92 Å². The lowest BCUT2D eigenvalue weighted by Crippen LogP contribution is -2.00. The second-order valence-electron chi connectivity index (χ2n) is 1.48. The van der Waals surface area contributed by atoms with Crippen molar-refractivity contribution in [2.24, 2.45) is 0 Å². The van der Waals surface area contributed by atoms with E-state index in [0.717, 1.165) is 6.04 Å². The molecule has 0 aliphatic rings. The standard InChI is InChI=1S/C4H10Cl2OSi/c1-2-3-8-7-4(5)6/h4H,2-3,8H2,1H3. The van der Waals surface area contributed by atoms with Crippen molar-refractivity contribution >= 4 is 33.0 Å². The fourth-order valence-corrected chi connectivity index (χ4v) is 1.48. The largest absolute Gasteiger partial charge is 0.397 e. The quantitative estimate of drug-likeness (QED) is 0.357. The molecule has 0 saturated carbocycles. The molecular formula is C4H10Cl2OSi. The zero-order chi connectivity index (χ0) is 6.41. The average molecular weight is 173 g/mol. The van der Waals surface area contributed by atoms with E-state index < -0.39 is 14.8 Å². The molecule has 0 heterocycles. The lowest BCUT2D eigenvalue weighted by molar-refractivity contribution is 0.375. The zero-order valence-electron chi connectivity index (χ0n) is 4.86. The minimum absolute atomic E-state index is 0.400. The summed E-state index contributed by atoms with van der Waals surface area (Å²) in [5.41, 5.74) is 0. The minimum atomic E-state index is -0.590. The first-order valence-corrected chi connectivity index (χ1v) is 5.12. The van der Waals surface area contributed by atoms with Gasteiger partial charge in [-0.1, -0.05) is 36.5 Å². The highest BCUT2D eigenvalue weighted by atomic mass is 35.5. The SMILES string of the molecule is CCC[SiH2]OC(Cl)Cl. The van der Waals surface area contributed by atoms with Crippen molar-refractivity contribution in [2.75, 3.05) is 0 Å². The minimum Gasteiger partial charge on any atom is -0.397 e. The molecule has 0 bridgehead atoms. The van der Waals surface area contributed by atoms with Gasteiger partial charge in [0.1, 0.15) is 0 Å². The van der Waals surface area contributed by atoms with Crippen molar-refractivity contribution < 1.29 is 4.43 Å². The van der Waals surface area contributed by atoms with Crippen molar-refractivity contribution in [3.8, 4) is 0 Å².